The number of benzene rings is 2. The Morgan fingerprint density at radius 2 is 2.04 bits per heavy atom. The Morgan fingerprint density at radius 1 is 1.19 bits per heavy atom. The Morgan fingerprint density at radius 3 is 2.81 bits per heavy atom. The number of amides is 1. The van der Waals surface area contributed by atoms with Gasteiger partial charge in [0.1, 0.15) is 12.4 Å². The van der Waals surface area contributed by atoms with E-state index in [9.17, 15) is 4.79 Å². The van der Waals surface area contributed by atoms with Crippen LogP contribution in [0.4, 0.5) is 0 Å². The van der Waals surface area contributed by atoms with E-state index in [1.807, 2.05) is 60.3 Å². The molecule has 6 heteroatoms. The molecule has 1 amide bonds. The highest BCUT2D eigenvalue weighted by Gasteiger charge is 2.07. The minimum atomic E-state index is -0.0914. The normalized spacial score (nSPS) is 10.6. The average molecular weight is 384 g/mol. The topological polar surface area (TPSA) is 56.2 Å². The van der Waals surface area contributed by atoms with Gasteiger partial charge in [0.05, 0.1) is 10.7 Å². The quantitative estimate of drug-likeness (QED) is 0.592. The molecule has 0 atom stereocenters. The second-order valence-corrected chi connectivity index (χ2v) is 6.66. The van der Waals surface area contributed by atoms with Crippen molar-refractivity contribution >= 4 is 17.5 Å². The van der Waals surface area contributed by atoms with Crippen molar-refractivity contribution in [2.45, 2.75) is 26.5 Å². The highest BCUT2D eigenvalue weighted by molar-refractivity contribution is 6.32. The maximum atomic E-state index is 12.3. The van der Waals surface area contributed by atoms with Gasteiger partial charge in [-0.3, -0.25) is 9.48 Å². The molecular formula is C21H22ClN3O2. The monoisotopic (exact) mass is 383 g/mol. The molecule has 0 aliphatic carbocycles. The Hall–Kier alpha value is -2.79. The lowest BCUT2D eigenvalue weighted by Gasteiger charge is -2.10. The molecule has 2 aromatic carbocycles. The first-order valence-electron chi connectivity index (χ1n) is 8.86. The summed E-state index contributed by atoms with van der Waals surface area (Å²) in [5, 5.41) is 7.84. The van der Waals surface area contributed by atoms with Gasteiger partial charge in [0.25, 0.3) is 5.91 Å². The number of nitrogens with zero attached hydrogens (tertiary/aromatic N) is 2. The fraction of sp³-hybridized carbons (Fsp3) is 0.238. The summed E-state index contributed by atoms with van der Waals surface area (Å²) in [7, 11) is 0. The second-order valence-electron chi connectivity index (χ2n) is 6.25. The predicted molar refractivity (Wildman–Crippen MR) is 106 cm³/mol. The molecule has 140 valence electrons. The molecule has 1 heterocycles. The average Bonchev–Trinajstić information content (AvgIpc) is 3.10. The molecule has 0 fully saturated rings. The third kappa shape index (κ3) is 5.59. The highest BCUT2D eigenvalue weighted by atomic mass is 35.5. The van der Waals surface area contributed by atoms with Gasteiger partial charge in [-0.05, 0) is 49.2 Å². The summed E-state index contributed by atoms with van der Waals surface area (Å²) in [6.07, 6.45) is 2.77. The Kier molecular flexibility index (Phi) is 6.49. The molecule has 3 rings (SSSR count). The van der Waals surface area contributed by atoms with E-state index in [0.29, 0.717) is 29.5 Å². The summed E-state index contributed by atoms with van der Waals surface area (Å²) in [5.41, 5.74) is 2.52. The van der Waals surface area contributed by atoms with E-state index >= 15 is 0 Å². The zero-order valence-corrected chi connectivity index (χ0v) is 15.9. The lowest BCUT2D eigenvalue weighted by Crippen LogP contribution is -2.25. The molecule has 0 aliphatic heterocycles. The number of hydrogen-bond donors (Lipinski definition) is 1. The van der Waals surface area contributed by atoms with Gasteiger partial charge in [0.15, 0.2) is 0 Å². The molecule has 3 aromatic rings. The van der Waals surface area contributed by atoms with Crippen LogP contribution in [0.1, 0.15) is 28.0 Å². The van der Waals surface area contributed by atoms with Gasteiger partial charge in [-0.1, -0.05) is 35.9 Å². The van der Waals surface area contributed by atoms with E-state index in [1.165, 1.54) is 0 Å². The van der Waals surface area contributed by atoms with Crippen molar-refractivity contribution in [3.05, 3.63) is 82.6 Å². The maximum Gasteiger partial charge on any atom is 0.251 e. The molecule has 1 aromatic heterocycles. The van der Waals surface area contributed by atoms with Crippen molar-refractivity contribution in [1.29, 1.82) is 0 Å². The third-order valence-electron chi connectivity index (χ3n) is 4.04. The Balaban J connectivity index is 1.48. The van der Waals surface area contributed by atoms with Crippen LogP contribution in [0.25, 0.3) is 0 Å². The highest BCUT2D eigenvalue weighted by Crippen LogP contribution is 2.24. The fourth-order valence-electron chi connectivity index (χ4n) is 2.66. The number of halogens is 1. The molecule has 0 saturated carbocycles. The van der Waals surface area contributed by atoms with Crippen LogP contribution >= 0.6 is 11.6 Å². The minimum Gasteiger partial charge on any atom is -0.487 e. The van der Waals surface area contributed by atoms with Crippen LogP contribution in [-0.4, -0.2) is 22.2 Å². The maximum absolute atomic E-state index is 12.3. The summed E-state index contributed by atoms with van der Waals surface area (Å²) in [4.78, 5) is 12.3. The number of rotatable bonds is 8. The molecule has 0 unspecified atom stereocenters. The van der Waals surface area contributed by atoms with Crippen molar-refractivity contribution in [3.8, 4) is 5.75 Å². The molecule has 0 spiro atoms. The minimum absolute atomic E-state index is 0.0914. The van der Waals surface area contributed by atoms with Gasteiger partial charge in [0, 0.05) is 24.8 Å². The van der Waals surface area contributed by atoms with E-state index in [2.05, 4.69) is 10.4 Å². The van der Waals surface area contributed by atoms with Crippen molar-refractivity contribution in [3.63, 3.8) is 0 Å². The van der Waals surface area contributed by atoms with Crippen LogP contribution in [0.15, 0.2) is 60.8 Å². The first-order chi connectivity index (χ1) is 13.1. The Bertz CT molecular complexity index is 908. The van der Waals surface area contributed by atoms with E-state index in [-0.39, 0.29) is 5.91 Å². The molecule has 0 saturated heterocycles. The van der Waals surface area contributed by atoms with Gasteiger partial charge in [-0.15, -0.1) is 0 Å². The molecular weight excluding hydrogens is 362 g/mol. The summed E-state index contributed by atoms with van der Waals surface area (Å²) in [6, 6.07) is 16.7. The molecule has 27 heavy (non-hydrogen) atoms. The lowest BCUT2D eigenvalue weighted by molar-refractivity contribution is 0.0952. The first-order valence-corrected chi connectivity index (χ1v) is 9.24. The summed E-state index contributed by atoms with van der Waals surface area (Å²) in [6.45, 7) is 3.68. The van der Waals surface area contributed by atoms with Gasteiger partial charge >= 0.3 is 0 Å². The van der Waals surface area contributed by atoms with Gasteiger partial charge in [0.2, 0.25) is 0 Å². The van der Waals surface area contributed by atoms with Crippen LogP contribution in [0.5, 0.6) is 5.75 Å². The molecule has 1 N–H and O–H groups in total. The van der Waals surface area contributed by atoms with Gasteiger partial charge in [-0.25, -0.2) is 0 Å². The van der Waals surface area contributed by atoms with Crippen LogP contribution in [0.3, 0.4) is 0 Å². The van der Waals surface area contributed by atoms with Gasteiger partial charge in [-0.2, -0.15) is 5.10 Å². The van der Waals surface area contributed by atoms with Crippen LogP contribution < -0.4 is 10.1 Å². The summed E-state index contributed by atoms with van der Waals surface area (Å²) in [5.74, 6) is 0.536. The number of aryl methyl sites for hydroxylation is 2. The molecule has 0 bridgehead atoms. The standard InChI is InChI=1S/C21H22ClN3O2/c1-16-10-13-25(24-16)12-5-11-23-21(26)18-7-4-6-17(14-18)15-27-20-9-3-2-8-19(20)22/h2-4,6-10,13-14H,5,11-12,15H2,1H3,(H,23,26). The zero-order chi connectivity index (χ0) is 19.1. The number of aromatic nitrogens is 2. The number of carbonyl (C=O) groups excluding carboxylic acids is 1. The number of carbonyl (C=O) groups is 1. The SMILES string of the molecule is Cc1ccn(CCCNC(=O)c2cccc(COc3ccccc3Cl)c2)n1. The Labute approximate surface area is 163 Å². The van der Waals surface area contributed by atoms with E-state index in [0.717, 1.165) is 24.2 Å². The zero-order valence-electron chi connectivity index (χ0n) is 15.2. The lowest BCUT2D eigenvalue weighted by atomic mass is 10.1. The molecule has 0 radical (unpaired) electrons. The van der Waals surface area contributed by atoms with Crippen molar-refractivity contribution in [2.24, 2.45) is 0 Å². The molecule has 0 aliphatic rings. The number of ether oxygens (including phenoxy) is 1. The number of nitrogens with one attached hydrogen (secondary N) is 1. The number of para-hydroxylation sites is 1. The van der Waals surface area contributed by atoms with Gasteiger partial charge < -0.3 is 10.1 Å². The van der Waals surface area contributed by atoms with E-state index in [4.69, 9.17) is 16.3 Å². The fourth-order valence-corrected chi connectivity index (χ4v) is 2.85. The second kappa shape index (κ2) is 9.24. The van der Waals surface area contributed by atoms with Crippen molar-refractivity contribution in [1.82, 2.24) is 15.1 Å². The van der Waals surface area contributed by atoms with Crippen LogP contribution in [-0.2, 0) is 13.2 Å². The van der Waals surface area contributed by atoms with E-state index in [1.54, 1.807) is 12.1 Å². The first kappa shape index (κ1) is 19.0. The third-order valence-corrected chi connectivity index (χ3v) is 4.36. The van der Waals surface area contributed by atoms with Crippen LogP contribution in [0, 0.1) is 6.92 Å². The van der Waals surface area contributed by atoms with E-state index < -0.39 is 0 Å². The summed E-state index contributed by atoms with van der Waals surface area (Å²) >= 11 is 6.09. The van der Waals surface area contributed by atoms with Crippen molar-refractivity contribution < 1.29 is 9.53 Å². The van der Waals surface area contributed by atoms with Crippen LogP contribution in [0.2, 0.25) is 5.02 Å². The predicted octanol–water partition coefficient (Wildman–Crippen LogP) is 4.24. The smallest absolute Gasteiger partial charge is 0.251 e. The summed E-state index contributed by atoms with van der Waals surface area (Å²) < 4.78 is 7.62. The largest absolute Gasteiger partial charge is 0.487 e. The van der Waals surface area contributed by atoms with Crippen molar-refractivity contribution in [2.75, 3.05) is 6.54 Å². The number of hydrogen-bond acceptors (Lipinski definition) is 3. The molecule has 5 nitrogen and oxygen atoms in total.